The Labute approximate surface area is 131 Å². The number of nitrogens with zero attached hydrogens (tertiary/aromatic N) is 4. The van der Waals surface area contributed by atoms with Gasteiger partial charge in [-0.15, -0.1) is 0 Å². The molecule has 0 amide bonds. The van der Waals surface area contributed by atoms with Crippen molar-refractivity contribution in [1.82, 2.24) is 15.0 Å². The maximum atomic E-state index is 4.59. The first-order valence-corrected chi connectivity index (χ1v) is 9.12. The van der Waals surface area contributed by atoms with E-state index in [1.807, 2.05) is 11.8 Å². The molecular formula is C14H26N6S. The molecule has 2 N–H and O–H groups in total. The summed E-state index contributed by atoms with van der Waals surface area (Å²) in [5, 5.41) is 6.64. The van der Waals surface area contributed by atoms with Crippen molar-refractivity contribution in [2.45, 2.75) is 39.2 Å². The van der Waals surface area contributed by atoms with Crippen LogP contribution in [0.25, 0.3) is 0 Å². The lowest BCUT2D eigenvalue weighted by Crippen LogP contribution is -2.25. The molecule has 2 heterocycles. The number of aromatic nitrogens is 3. The van der Waals surface area contributed by atoms with Gasteiger partial charge in [-0.2, -0.15) is 26.7 Å². The molecule has 1 aliphatic heterocycles. The van der Waals surface area contributed by atoms with Crippen LogP contribution in [0.15, 0.2) is 0 Å². The molecule has 7 heteroatoms. The SMILES string of the molecule is CCCNc1nc(NC(C)CSC)nc(N2CCCC2)n1. The van der Waals surface area contributed by atoms with Crippen LogP contribution >= 0.6 is 11.8 Å². The van der Waals surface area contributed by atoms with Crippen LogP contribution in [-0.4, -0.2) is 52.6 Å². The highest BCUT2D eigenvalue weighted by atomic mass is 32.2. The summed E-state index contributed by atoms with van der Waals surface area (Å²) in [5.41, 5.74) is 0. The van der Waals surface area contributed by atoms with Gasteiger partial charge in [0.2, 0.25) is 17.8 Å². The Kier molecular flexibility index (Phi) is 6.35. The van der Waals surface area contributed by atoms with E-state index in [-0.39, 0.29) is 0 Å². The third kappa shape index (κ3) is 4.91. The average molecular weight is 310 g/mol. The number of rotatable bonds is 8. The molecular weight excluding hydrogens is 284 g/mol. The lowest BCUT2D eigenvalue weighted by molar-refractivity contribution is 0.843. The van der Waals surface area contributed by atoms with E-state index in [1.165, 1.54) is 12.8 Å². The smallest absolute Gasteiger partial charge is 0.231 e. The molecule has 1 fully saturated rings. The molecule has 0 radical (unpaired) electrons. The van der Waals surface area contributed by atoms with E-state index in [0.717, 1.165) is 37.8 Å². The highest BCUT2D eigenvalue weighted by Gasteiger charge is 2.17. The quantitative estimate of drug-likeness (QED) is 0.764. The van der Waals surface area contributed by atoms with Crippen molar-refractivity contribution in [3.63, 3.8) is 0 Å². The summed E-state index contributed by atoms with van der Waals surface area (Å²) < 4.78 is 0. The van der Waals surface area contributed by atoms with Crippen molar-refractivity contribution in [3.05, 3.63) is 0 Å². The molecule has 1 atom stereocenters. The lowest BCUT2D eigenvalue weighted by atomic mass is 10.4. The van der Waals surface area contributed by atoms with Gasteiger partial charge in [0.1, 0.15) is 0 Å². The molecule has 0 saturated carbocycles. The number of thioether (sulfide) groups is 1. The average Bonchev–Trinajstić information content (AvgIpc) is 2.99. The molecule has 1 aromatic rings. The normalized spacial score (nSPS) is 16.0. The van der Waals surface area contributed by atoms with Gasteiger partial charge in [0, 0.05) is 31.4 Å². The topological polar surface area (TPSA) is 66.0 Å². The second-order valence-electron chi connectivity index (χ2n) is 5.40. The zero-order valence-corrected chi connectivity index (χ0v) is 14.0. The minimum Gasteiger partial charge on any atom is -0.354 e. The Bertz CT molecular complexity index is 435. The van der Waals surface area contributed by atoms with E-state index in [0.29, 0.717) is 17.9 Å². The summed E-state index contributed by atoms with van der Waals surface area (Å²) in [7, 11) is 0. The van der Waals surface area contributed by atoms with Crippen LogP contribution in [0.2, 0.25) is 0 Å². The summed E-state index contributed by atoms with van der Waals surface area (Å²) in [5.74, 6) is 3.17. The Balaban J connectivity index is 2.14. The summed E-state index contributed by atoms with van der Waals surface area (Å²) in [6.45, 7) is 7.24. The molecule has 21 heavy (non-hydrogen) atoms. The van der Waals surface area contributed by atoms with Gasteiger partial charge >= 0.3 is 0 Å². The molecule has 0 bridgehead atoms. The Morgan fingerprint density at radius 3 is 2.57 bits per heavy atom. The van der Waals surface area contributed by atoms with Crippen LogP contribution in [0.3, 0.4) is 0 Å². The van der Waals surface area contributed by atoms with Crippen LogP contribution < -0.4 is 15.5 Å². The van der Waals surface area contributed by atoms with E-state index in [4.69, 9.17) is 0 Å². The molecule has 6 nitrogen and oxygen atoms in total. The van der Waals surface area contributed by atoms with Gasteiger partial charge in [0.15, 0.2) is 0 Å². The summed E-state index contributed by atoms with van der Waals surface area (Å²) in [4.78, 5) is 15.9. The zero-order chi connectivity index (χ0) is 15.1. The summed E-state index contributed by atoms with van der Waals surface area (Å²) >= 11 is 1.82. The van der Waals surface area contributed by atoms with Gasteiger partial charge in [-0.1, -0.05) is 6.92 Å². The molecule has 118 valence electrons. The molecule has 1 saturated heterocycles. The second-order valence-corrected chi connectivity index (χ2v) is 6.31. The van der Waals surface area contributed by atoms with Crippen molar-refractivity contribution in [3.8, 4) is 0 Å². The first kappa shape index (κ1) is 16.1. The van der Waals surface area contributed by atoms with Crippen molar-refractivity contribution in [2.24, 2.45) is 0 Å². The van der Waals surface area contributed by atoms with Crippen LogP contribution in [0.4, 0.5) is 17.8 Å². The maximum absolute atomic E-state index is 4.59. The fourth-order valence-corrected chi connectivity index (χ4v) is 2.90. The number of hydrogen-bond acceptors (Lipinski definition) is 7. The summed E-state index contributed by atoms with van der Waals surface area (Å²) in [6.07, 6.45) is 5.59. The number of anilines is 3. The molecule has 1 aliphatic rings. The first-order valence-electron chi connectivity index (χ1n) is 7.73. The molecule has 2 rings (SSSR count). The Morgan fingerprint density at radius 2 is 1.90 bits per heavy atom. The van der Waals surface area contributed by atoms with Crippen molar-refractivity contribution < 1.29 is 0 Å². The van der Waals surface area contributed by atoms with Crippen LogP contribution in [0.1, 0.15) is 33.1 Å². The molecule has 1 unspecified atom stereocenters. The highest BCUT2D eigenvalue weighted by Crippen LogP contribution is 2.19. The zero-order valence-electron chi connectivity index (χ0n) is 13.2. The van der Waals surface area contributed by atoms with E-state index in [9.17, 15) is 0 Å². The standard InChI is InChI=1S/C14H26N6S/c1-4-7-15-12-17-13(16-11(2)10-21-3)19-14(18-12)20-8-5-6-9-20/h11H,4-10H2,1-3H3,(H2,15,16,17,18,19). The third-order valence-corrected chi connectivity index (χ3v) is 4.17. The van der Waals surface area contributed by atoms with Gasteiger partial charge in [-0.05, 0) is 32.4 Å². The maximum Gasteiger partial charge on any atom is 0.231 e. The molecule has 1 aromatic heterocycles. The largest absolute Gasteiger partial charge is 0.354 e. The fraction of sp³-hybridized carbons (Fsp3) is 0.786. The third-order valence-electron chi connectivity index (χ3n) is 3.34. The van der Waals surface area contributed by atoms with Gasteiger partial charge in [0.05, 0.1) is 0 Å². The van der Waals surface area contributed by atoms with Crippen LogP contribution in [-0.2, 0) is 0 Å². The highest BCUT2D eigenvalue weighted by molar-refractivity contribution is 7.98. The van der Waals surface area contributed by atoms with Gasteiger partial charge in [-0.3, -0.25) is 0 Å². The Morgan fingerprint density at radius 1 is 1.19 bits per heavy atom. The second kappa shape index (κ2) is 8.26. The minimum absolute atomic E-state index is 0.341. The van der Waals surface area contributed by atoms with E-state index in [2.05, 4.69) is 50.6 Å². The lowest BCUT2D eigenvalue weighted by Gasteiger charge is -2.18. The number of hydrogen-bond donors (Lipinski definition) is 2. The molecule has 0 aromatic carbocycles. The van der Waals surface area contributed by atoms with E-state index < -0.39 is 0 Å². The van der Waals surface area contributed by atoms with Gasteiger partial charge in [-0.25, -0.2) is 0 Å². The summed E-state index contributed by atoms with van der Waals surface area (Å²) in [6, 6.07) is 0.341. The number of nitrogens with one attached hydrogen (secondary N) is 2. The van der Waals surface area contributed by atoms with Crippen LogP contribution in [0.5, 0.6) is 0 Å². The predicted molar refractivity (Wildman–Crippen MR) is 91.5 cm³/mol. The predicted octanol–water partition coefficient (Wildman–Crippen LogP) is 2.46. The van der Waals surface area contributed by atoms with Crippen LogP contribution in [0, 0.1) is 0 Å². The van der Waals surface area contributed by atoms with Crippen molar-refractivity contribution in [2.75, 3.05) is 47.2 Å². The van der Waals surface area contributed by atoms with Crippen molar-refractivity contribution in [1.29, 1.82) is 0 Å². The monoisotopic (exact) mass is 310 g/mol. The fourth-order valence-electron chi connectivity index (χ4n) is 2.32. The molecule has 0 spiro atoms. The first-order chi connectivity index (χ1) is 10.2. The minimum atomic E-state index is 0.341. The van der Waals surface area contributed by atoms with Crippen molar-refractivity contribution >= 4 is 29.6 Å². The van der Waals surface area contributed by atoms with Gasteiger partial charge < -0.3 is 15.5 Å². The Hall–Kier alpha value is -1.24. The van der Waals surface area contributed by atoms with Gasteiger partial charge in [0.25, 0.3) is 0 Å². The van der Waals surface area contributed by atoms with E-state index >= 15 is 0 Å². The molecule has 0 aliphatic carbocycles. The van der Waals surface area contributed by atoms with E-state index in [1.54, 1.807) is 0 Å².